The Kier molecular flexibility index (Phi) is 3.87. The van der Waals surface area contributed by atoms with Gasteiger partial charge in [-0.15, -0.1) is 0 Å². The largest absolute Gasteiger partial charge is 0.373 e. The molecule has 0 aromatic carbocycles. The van der Waals surface area contributed by atoms with Crippen LogP contribution in [-0.2, 0) is 4.74 Å². The minimum absolute atomic E-state index is 0.515. The lowest BCUT2D eigenvalue weighted by Gasteiger charge is -2.14. The number of nitrogens with zero attached hydrogens (tertiary/aromatic N) is 1. The first-order valence-electron chi connectivity index (χ1n) is 3.46. The van der Waals surface area contributed by atoms with Crippen molar-refractivity contribution in [2.24, 2.45) is 0 Å². The second-order valence-corrected chi connectivity index (χ2v) is 3.47. The minimum atomic E-state index is -1.04. The Morgan fingerprint density at radius 3 is 2.83 bits per heavy atom. The van der Waals surface area contributed by atoms with Crippen LogP contribution in [-0.4, -0.2) is 16.3 Å². The SMILES string of the molecule is COC(c1cccnc1)C(F)I. The number of methoxy groups -OCH3 is 1. The number of ether oxygens (including phenoxy) is 1. The van der Waals surface area contributed by atoms with E-state index < -0.39 is 10.3 Å². The normalized spacial score (nSPS) is 15.6. The molecule has 0 aliphatic heterocycles. The fourth-order valence-electron chi connectivity index (χ4n) is 0.929. The molecule has 0 bridgehead atoms. The van der Waals surface area contributed by atoms with E-state index in [-0.39, 0.29) is 0 Å². The third kappa shape index (κ3) is 2.38. The predicted molar refractivity (Wildman–Crippen MR) is 52.9 cm³/mol. The van der Waals surface area contributed by atoms with Gasteiger partial charge in [-0.2, -0.15) is 0 Å². The Morgan fingerprint density at radius 1 is 1.67 bits per heavy atom. The van der Waals surface area contributed by atoms with Crippen LogP contribution in [0.4, 0.5) is 4.39 Å². The van der Waals surface area contributed by atoms with Gasteiger partial charge in [0.1, 0.15) is 6.10 Å². The Bertz CT molecular complexity index is 230. The molecule has 0 spiro atoms. The molecule has 0 aliphatic rings. The highest BCUT2D eigenvalue weighted by atomic mass is 127. The van der Waals surface area contributed by atoms with Gasteiger partial charge in [-0.3, -0.25) is 4.98 Å². The van der Waals surface area contributed by atoms with Crippen molar-refractivity contribution in [2.75, 3.05) is 7.11 Å². The van der Waals surface area contributed by atoms with Gasteiger partial charge in [0.05, 0.1) is 0 Å². The van der Waals surface area contributed by atoms with Crippen molar-refractivity contribution in [3.8, 4) is 0 Å². The Morgan fingerprint density at radius 2 is 2.42 bits per heavy atom. The van der Waals surface area contributed by atoms with E-state index in [0.29, 0.717) is 0 Å². The van der Waals surface area contributed by atoms with Gasteiger partial charge < -0.3 is 4.74 Å². The fraction of sp³-hybridized carbons (Fsp3) is 0.375. The molecule has 1 aromatic rings. The molecule has 0 N–H and O–H groups in total. The van der Waals surface area contributed by atoms with Crippen LogP contribution in [0, 0.1) is 0 Å². The van der Waals surface area contributed by atoms with Gasteiger partial charge in [-0.1, -0.05) is 6.07 Å². The van der Waals surface area contributed by atoms with E-state index in [9.17, 15) is 4.39 Å². The van der Waals surface area contributed by atoms with Crippen molar-refractivity contribution in [2.45, 2.75) is 10.3 Å². The predicted octanol–water partition coefficient (Wildman–Crippen LogP) is 2.50. The first-order valence-corrected chi connectivity index (χ1v) is 4.71. The highest BCUT2D eigenvalue weighted by Crippen LogP contribution is 2.26. The smallest absolute Gasteiger partial charge is 0.181 e. The van der Waals surface area contributed by atoms with Crippen LogP contribution in [0.5, 0.6) is 0 Å². The maximum Gasteiger partial charge on any atom is 0.181 e. The molecule has 1 heterocycles. The van der Waals surface area contributed by atoms with Gasteiger partial charge in [0.25, 0.3) is 0 Å². The molecule has 0 saturated heterocycles. The summed E-state index contributed by atoms with van der Waals surface area (Å²) < 4.78 is 16.8. The van der Waals surface area contributed by atoms with Crippen LogP contribution in [0.3, 0.4) is 0 Å². The van der Waals surface area contributed by atoms with Crippen molar-refractivity contribution in [1.82, 2.24) is 4.98 Å². The Labute approximate surface area is 84.3 Å². The van der Waals surface area contributed by atoms with Crippen LogP contribution in [0.2, 0.25) is 0 Å². The standard InChI is InChI=1S/C8H9FINO/c1-12-7(8(9)10)6-3-2-4-11-5-6/h2-5,7-8H,1H3. The molecule has 2 unspecified atom stereocenters. The number of alkyl halides is 2. The second-order valence-electron chi connectivity index (χ2n) is 2.28. The first-order chi connectivity index (χ1) is 5.75. The lowest BCUT2D eigenvalue weighted by molar-refractivity contribution is 0.0719. The quantitative estimate of drug-likeness (QED) is 0.627. The third-order valence-corrected chi connectivity index (χ3v) is 2.15. The van der Waals surface area contributed by atoms with Crippen LogP contribution in [0.25, 0.3) is 0 Å². The van der Waals surface area contributed by atoms with Crippen LogP contribution < -0.4 is 0 Å². The summed E-state index contributed by atoms with van der Waals surface area (Å²) in [5.41, 5.74) is 0.766. The topological polar surface area (TPSA) is 22.1 Å². The number of hydrogen-bond donors (Lipinski definition) is 0. The van der Waals surface area contributed by atoms with E-state index >= 15 is 0 Å². The molecule has 2 atom stereocenters. The number of rotatable bonds is 3. The summed E-state index contributed by atoms with van der Waals surface area (Å²) in [5, 5.41) is 0. The Balaban J connectivity index is 2.80. The zero-order chi connectivity index (χ0) is 8.97. The highest BCUT2D eigenvalue weighted by Gasteiger charge is 2.19. The molecule has 0 amide bonds. The van der Waals surface area contributed by atoms with Crippen molar-refractivity contribution in [3.63, 3.8) is 0 Å². The summed E-state index contributed by atoms with van der Waals surface area (Å²) >= 11 is 1.69. The molecule has 4 heteroatoms. The van der Waals surface area contributed by atoms with Gasteiger partial charge in [-0.05, 0) is 28.7 Å². The summed E-state index contributed by atoms with van der Waals surface area (Å²) in [7, 11) is 1.49. The van der Waals surface area contributed by atoms with Crippen molar-refractivity contribution >= 4 is 22.6 Å². The van der Waals surface area contributed by atoms with E-state index in [0.717, 1.165) is 5.56 Å². The zero-order valence-electron chi connectivity index (χ0n) is 6.58. The highest BCUT2D eigenvalue weighted by molar-refractivity contribution is 14.1. The van der Waals surface area contributed by atoms with Crippen LogP contribution >= 0.6 is 22.6 Å². The van der Waals surface area contributed by atoms with E-state index in [2.05, 4.69) is 4.98 Å². The zero-order valence-corrected chi connectivity index (χ0v) is 8.73. The molecule has 0 saturated carbocycles. The molecule has 0 aliphatic carbocycles. The molecular weight excluding hydrogens is 272 g/mol. The monoisotopic (exact) mass is 281 g/mol. The maximum atomic E-state index is 12.9. The Hall–Kier alpha value is -0.230. The van der Waals surface area contributed by atoms with Crippen LogP contribution in [0.15, 0.2) is 24.5 Å². The van der Waals surface area contributed by atoms with Crippen molar-refractivity contribution in [1.29, 1.82) is 0 Å². The fourth-order valence-corrected chi connectivity index (χ4v) is 1.64. The summed E-state index contributed by atoms with van der Waals surface area (Å²) in [5.74, 6) is 0. The van der Waals surface area contributed by atoms with E-state index in [1.807, 2.05) is 0 Å². The summed E-state index contributed by atoms with van der Waals surface area (Å²) in [6.07, 6.45) is 2.75. The van der Waals surface area contributed by atoms with Gasteiger partial charge in [-0.25, -0.2) is 4.39 Å². The molecule has 0 radical (unpaired) electrons. The average Bonchev–Trinajstić information content (AvgIpc) is 2.07. The first kappa shape index (κ1) is 9.85. The third-order valence-electron chi connectivity index (χ3n) is 1.50. The average molecular weight is 281 g/mol. The summed E-state index contributed by atoms with van der Waals surface area (Å²) in [6.45, 7) is 0. The number of hydrogen-bond acceptors (Lipinski definition) is 2. The molecule has 0 fully saturated rings. The number of pyridine rings is 1. The maximum absolute atomic E-state index is 12.9. The van der Waals surface area contributed by atoms with Gasteiger partial charge in [0, 0.05) is 25.1 Å². The molecule has 12 heavy (non-hydrogen) atoms. The van der Waals surface area contributed by atoms with Gasteiger partial charge >= 0.3 is 0 Å². The van der Waals surface area contributed by atoms with E-state index in [1.165, 1.54) is 7.11 Å². The molecule has 66 valence electrons. The summed E-state index contributed by atoms with van der Waals surface area (Å²) in [4.78, 5) is 3.89. The molecular formula is C8H9FINO. The lowest BCUT2D eigenvalue weighted by atomic mass is 10.2. The molecule has 2 nitrogen and oxygen atoms in total. The van der Waals surface area contributed by atoms with Gasteiger partial charge in [0.15, 0.2) is 4.18 Å². The minimum Gasteiger partial charge on any atom is -0.373 e. The molecule has 1 aromatic heterocycles. The summed E-state index contributed by atoms with van der Waals surface area (Å²) in [6, 6.07) is 3.56. The second kappa shape index (κ2) is 4.71. The van der Waals surface area contributed by atoms with Crippen molar-refractivity contribution in [3.05, 3.63) is 30.1 Å². The number of aromatic nitrogens is 1. The van der Waals surface area contributed by atoms with E-state index in [4.69, 9.17) is 4.74 Å². The van der Waals surface area contributed by atoms with Crippen molar-refractivity contribution < 1.29 is 9.13 Å². The number of halogens is 2. The lowest BCUT2D eigenvalue weighted by Crippen LogP contribution is -2.09. The van der Waals surface area contributed by atoms with E-state index in [1.54, 1.807) is 47.1 Å². The van der Waals surface area contributed by atoms with Gasteiger partial charge in [0.2, 0.25) is 0 Å². The molecule has 1 rings (SSSR count). The van der Waals surface area contributed by atoms with Crippen LogP contribution in [0.1, 0.15) is 11.7 Å².